The van der Waals surface area contributed by atoms with Gasteiger partial charge in [0.05, 0.1) is 0 Å². The van der Waals surface area contributed by atoms with Gasteiger partial charge < -0.3 is 5.11 Å². The van der Waals surface area contributed by atoms with E-state index < -0.39 is 59.1 Å². The molecule has 0 amide bonds. The van der Waals surface area contributed by atoms with Crippen molar-refractivity contribution >= 4 is 0 Å². The number of nitrogens with zero attached hydrogens (tertiary/aromatic N) is 2. The van der Waals surface area contributed by atoms with Crippen LogP contribution in [0.2, 0.25) is 0 Å². The fourth-order valence-electron chi connectivity index (χ4n) is 2.26. The van der Waals surface area contributed by atoms with Crippen molar-refractivity contribution in [1.82, 2.24) is 15.2 Å². The molecule has 192 valence electrons. The molecule has 34 heavy (non-hydrogen) atoms. The SMILES string of the molecule is Oc1ccc(-c2n[nH]c(C(F)(F)C(F)(F)C(F)(F)C(F)(F)C(F)(F)C(F)(F)C(F)(F)F)n2)cc1. The Balaban J connectivity index is 2.57. The van der Waals surface area contributed by atoms with Gasteiger partial charge in [-0.1, -0.05) is 0 Å². The molecule has 0 aliphatic heterocycles. The van der Waals surface area contributed by atoms with Crippen LogP contribution in [0.15, 0.2) is 24.3 Å². The molecule has 0 bridgehead atoms. The Morgan fingerprint density at radius 3 is 1.44 bits per heavy atom. The average molecular weight is 529 g/mol. The number of nitrogens with one attached hydrogen (secondary N) is 1. The number of aromatic nitrogens is 3. The molecule has 0 aliphatic carbocycles. The number of benzene rings is 1. The van der Waals surface area contributed by atoms with Gasteiger partial charge in [0.1, 0.15) is 5.75 Å². The summed E-state index contributed by atoms with van der Waals surface area (Å²) in [6.45, 7) is 0. The molecule has 2 N–H and O–H groups in total. The van der Waals surface area contributed by atoms with Crippen LogP contribution >= 0.6 is 0 Å². The highest BCUT2D eigenvalue weighted by molar-refractivity contribution is 5.55. The van der Waals surface area contributed by atoms with Crippen LogP contribution in [0.25, 0.3) is 11.4 Å². The monoisotopic (exact) mass is 529 g/mol. The van der Waals surface area contributed by atoms with Gasteiger partial charge in [0.2, 0.25) is 5.82 Å². The second-order valence-corrected chi connectivity index (χ2v) is 6.50. The van der Waals surface area contributed by atoms with Gasteiger partial charge in [0.15, 0.2) is 5.82 Å². The lowest BCUT2D eigenvalue weighted by atomic mass is 9.91. The number of phenolic OH excluding ortho intramolecular Hbond substituents is 1. The lowest BCUT2D eigenvalue weighted by Gasteiger charge is -2.41. The Morgan fingerprint density at radius 1 is 0.588 bits per heavy atom. The van der Waals surface area contributed by atoms with Crippen LogP contribution in [-0.2, 0) is 5.92 Å². The van der Waals surface area contributed by atoms with Crippen molar-refractivity contribution in [3.05, 3.63) is 30.1 Å². The zero-order valence-corrected chi connectivity index (χ0v) is 15.3. The van der Waals surface area contributed by atoms with Crippen molar-refractivity contribution < 1.29 is 71.0 Å². The van der Waals surface area contributed by atoms with Crippen LogP contribution in [0.5, 0.6) is 5.75 Å². The molecule has 0 unspecified atom stereocenters. The summed E-state index contributed by atoms with van der Waals surface area (Å²) >= 11 is 0. The highest BCUT2D eigenvalue weighted by Gasteiger charge is 2.93. The predicted molar refractivity (Wildman–Crippen MR) is 78.2 cm³/mol. The number of halogens is 15. The maximum atomic E-state index is 14.1. The molecular formula is C15H6F15N3O. The molecule has 0 radical (unpaired) electrons. The van der Waals surface area contributed by atoms with Crippen molar-refractivity contribution in [2.75, 3.05) is 0 Å². The van der Waals surface area contributed by atoms with Crippen LogP contribution in [0.4, 0.5) is 65.9 Å². The van der Waals surface area contributed by atoms with Crippen molar-refractivity contribution in [1.29, 1.82) is 0 Å². The van der Waals surface area contributed by atoms with Crippen LogP contribution in [0.1, 0.15) is 5.82 Å². The Kier molecular flexibility index (Phi) is 6.08. The Hall–Kier alpha value is -2.89. The van der Waals surface area contributed by atoms with E-state index in [2.05, 4.69) is 10.1 Å². The highest BCUT2D eigenvalue weighted by Crippen LogP contribution is 2.63. The van der Waals surface area contributed by atoms with Crippen molar-refractivity contribution in [3.8, 4) is 17.1 Å². The van der Waals surface area contributed by atoms with Gasteiger partial charge in [-0.3, -0.25) is 5.10 Å². The normalized spacial score (nSPS) is 15.0. The third-order valence-electron chi connectivity index (χ3n) is 4.24. The highest BCUT2D eigenvalue weighted by atomic mass is 19.4. The van der Waals surface area contributed by atoms with Gasteiger partial charge in [-0.05, 0) is 24.3 Å². The molecule has 2 rings (SSSR count). The largest absolute Gasteiger partial charge is 0.508 e. The predicted octanol–water partition coefficient (Wildman–Crippen LogP) is 6.01. The average Bonchev–Trinajstić information content (AvgIpc) is 3.17. The van der Waals surface area contributed by atoms with Crippen LogP contribution in [0.3, 0.4) is 0 Å². The molecule has 2 aromatic rings. The summed E-state index contributed by atoms with van der Waals surface area (Å²) in [7, 11) is 0. The zero-order valence-electron chi connectivity index (χ0n) is 15.3. The number of hydrogen-bond acceptors (Lipinski definition) is 3. The van der Waals surface area contributed by atoms with Gasteiger partial charge >= 0.3 is 41.7 Å². The molecule has 0 aliphatic rings. The number of hydrogen-bond donors (Lipinski definition) is 2. The second-order valence-electron chi connectivity index (χ2n) is 6.50. The first-order chi connectivity index (χ1) is 15.0. The summed E-state index contributed by atoms with van der Waals surface area (Å²) in [5.41, 5.74) is -0.368. The minimum Gasteiger partial charge on any atom is -0.508 e. The molecular weight excluding hydrogens is 523 g/mol. The van der Waals surface area contributed by atoms with E-state index in [1.54, 1.807) is 0 Å². The maximum absolute atomic E-state index is 14.1. The summed E-state index contributed by atoms with van der Waals surface area (Å²) in [5.74, 6) is -51.5. The van der Waals surface area contributed by atoms with Gasteiger partial charge in [-0.25, -0.2) is 4.98 Å². The number of aromatic amines is 1. The first-order valence-corrected chi connectivity index (χ1v) is 8.02. The Bertz CT molecular complexity index is 1030. The molecule has 0 saturated carbocycles. The number of rotatable bonds is 7. The number of phenols is 1. The molecule has 1 heterocycles. The third-order valence-corrected chi connectivity index (χ3v) is 4.24. The standard InChI is InChI=1S/C15H6F15N3O/c16-9(17,8-31-7(32-33-8)5-1-3-6(34)4-2-5)10(18,19)11(20,21)12(22,23)13(24,25)14(26,27)15(28,29)30/h1-4,34H,(H,31,32,33). The fraction of sp³-hybridized carbons (Fsp3) is 0.467. The molecule has 0 saturated heterocycles. The third kappa shape index (κ3) is 3.58. The number of alkyl halides is 15. The minimum absolute atomic E-state index is 0.368. The van der Waals surface area contributed by atoms with Gasteiger partial charge in [-0.15, -0.1) is 0 Å². The minimum atomic E-state index is -8.38. The van der Waals surface area contributed by atoms with Crippen molar-refractivity contribution in [3.63, 3.8) is 0 Å². The van der Waals surface area contributed by atoms with E-state index in [0.29, 0.717) is 0 Å². The van der Waals surface area contributed by atoms with Gasteiger partial charge in [0.25, 0.3) is 0 Å². The molecule has 19 heteroatoms. The Morgan fingerprint density at radius 2 is 1.00 bits per heavy atom. The van der Waals surface area contributed by atoms with E-state index in [9.17, 15) is 65.9 Å². The number of H-pyrrole nitrogens is 1. The first kappa shape index (κ1) is 27.4. The second kappa shape index (κ2) is 7.56. The molecule has 1 aromatic heterocycles. The lowest BCUT2D eigenvalue weighted by Crippen LogP contribution is -2.72. The summed E-state index contributed by atoms with van der Waals surface area (Å²) in [5, 5.41) is 12.9. The number of aromatic hydroxyl groups is 1. The van der Waals surface area contributed by atoms with Crippen molar-refractivity contribution in [2.24, 2.45) is 0 Å². The van der Waals surface area contributed by atoms with E-state index in [1.165, 1.54) is 0 Å². The quantitative estimate of drug-likeness (QED) is 0.433. The van der Waals surface area contributed by atoms with E-state index in [-0.39, 0.29) is 5.56 Å². The van der Waals surface area contributed by atoms with E-state index in [1.807, 2.05) is 0 Å². The molecule has 4 nitrogen and oxygen atoms in total. The molecule has 1 aromatic carbocycles. The molecule has 0 fully saturated rings. The summed E-state index contributed by atoms with van der Waals surface area (Å²) < 4.78 is 198. The fourth-order valence-corrected chi connectivity index (χ4v) is 2.26. The van der Waals surface area contributed by atoms with E-state index in [0.717, 1.165) is 29.4 Å². The van der Waals surface area contributed by atoms with Crippen LogP contribution < -0.4 is 0 Å². The molecule has 0 spiro atoms. The first-order valence-electron chi connectivity index (χ1n) is 8.02. The van der Waals surface area contributed by atoms with E-state index >= 15 is 0 Å². The smallest absolute Gasteiger partial charge is 0.460 e. The van der Waals surface area contributed by atoms with E-state index in [4.69, 9.17) is 5.11 Å². The van der Waals surface area contributed by atoms with Gasteiger partial charge in [-0.2, -0.15) is 71.0 Å². The zero-order chi connectivity index (χ0) is 26.8. The van der Waals surface area contributed by atoms with Crippen molar-refractivity contribution in [2.45, 2.75) is 41.7 Å². The van der Waals surface area contributed by atoms with Crippen LogP contribution in [-0.4, -0.2) is 56.1 Å². The van der Waals surface area contributed by atoms with Crippen LogP contribution in [0, 0.1) is 0 Å². The maximum Gasteiger partial charge on any atom is 0.460 e. The topological polar surface area (TPSA) is 61.8 Å². The summed E-state index contributed by atoms with van der Waals surface area (Å²) in [6, 6.07) is 3.47. The summed E-state index contributed by atoms with van der Waals surface area (Å²) in [6.07, 6.45) is -7.67. The Labute approximate surface area is 176 Å². The summed E-state index contributed by atoms with van der Waals surface area (Å²) in [4.78, 5) is 2.62. The molecule has 0 atom stereocenters. The lowest BCUT2D eigenvalue weighted by molar-refractivity contribution is -0.454. The van der Waals surface area contributed by atoms with Gasteiger partial charge in [0, 0.05) is 5.56 Å².